The number of nitrogens with zero attached hydrogens (tertiary/aromatic N) is 2. The van der Waals surface area contributed by atoms with Crippen molar-refractivity contribution in [3.63, 3.8) is 0 Å². The second-order valence-corrected chi connectivity index (χ2v) is 7.74. The quantitative estimate of drug-likeness (QED) is 0.364. The maximum Gasteiger partial charge on any atom is 0.122 e. The van der Waals surface area contributed by atoms with Gasteiger partial charge in [-0.2, -0.15) is 0 Å². The van der Waals surface area contributed by atoms with E-state index in [4.69, 9.17) is 9.72 Å². The van der Waals surface area contributed by atoms with E-state index in [1.807, 2.05) is 0 Å². The summed E-state index contributed by atoms with van der Waals surface area (Å²) >= 11 is 0. The Kier molecular flexibility index (Phi) is 5.66. The van der Waals surface area contributed by atoms with Crippen molar-refractivity contribution in [3.8, 4) is 5.75 Å². The smallest absolute Gasteiger partial charge is 0.122 e. The van der Waals surface area contributed by atoms with Gasteiger partial charge in [0.25, 0.3) is 0 Å². The zero-order valence-electron chi connectivity index (χ0n) is 17.5. The van der Waals surface area contributed by atoms with E-state index in [1.165, 1.54) is 27.8 Å². The molecule has 0 N–H and O–H groups in total. The first kappa shape index (κ1) is 19.3. The van der Waals surface area contributed by atoms with Crippen LogP contribution in [-0.2, 0) is 13.0 Å². The monoisotopic (exact) mass is 384 g/mol. The topological polar surface area (TPSA) is 27.1 Å². The average molecular weight is 385 g/mol. The van der Waals surface area contributed by atoms with Crippen LogP contribution in [0.25, 0.3) is 11.0 Å². The van der Waals surface area contributed by atoms with E-state index in [9.17, 15) is 0 Å². The minimum atomic E-state index is 0.695. The van der Waals surface area contributed by atoms with Gasteiger partial charge in [0.1, 0.15) is 11.6 Å². The van der Waals surface area contributed by atoms with Crippen LogP contribution < -0.4 is 4.74 Å². The van der Waals surface area contributed by atoms with Crippen LogP contribution in [0.15, 0.2) is 66.7 Å². The van der Waals surface area contributed by atoms with Crippen LogP contribution in [0.2, 0.25) is 0 Å². The summed E-state index contributed by atoms with van der Waals surface area (Å²) < 4.78 is 8.40. The molecule has 0 bridgehead atoms. The first-order valence-electron chi connectivity index (χ1n) is 10.3. The fourth-order valence-corrected chi connectivity index (χ4v) is 3.85. The molecule has 0 saturated carbocycles. The van der Waals surface area contributed by atoms with E-state index in [0.717, 1.165) is 36.5 Å². The molecule has 148 valence electrons. The van der Waals surface area contributed by atoms with Crippen LogP contribution in [0, 0.1) is 20.8 Å². The fraction of sp³-hybridized carbons (Fsp3) is 0.269. The van der Waals surface area contributed by atoms with E-state index in [1.54, 1.807) is 0 Å². The van der Waals surface area contributed by atoms with Crippen LogP contribution in [-0.4, -0.2) is 16.2 Å². The third kappa shape index (κ3) is 4.34. The average Bonchev–Trinajstić information content (AvgIpc) is 3.05. The third-order valence-corrected chi connectivity index (χ3v) is 5.46. The Morgan fingerprint density at radius 2 is 1.66 bits per heavy atom. The molecule has 29 heavy (non-hydrogen) atoms. The van der Waals surface area contributed by atoms with Crippen molar-refractivity contribution in [1.29, 1.82) is 0 Å². The zero-order valence-corrected chi connectivity index (χ0v) is 17.5. The van der Waals surface area contributed by atoms with Crippen molar-refractivity contribution < 1.29 is 4.74 Å². The second kappa shape index (κ2) is 8.52. The highest BCUT2D eigenvalue weighted by atomic mass is 16.5. The molecule has 0 spiro atoms. The van der Waals surface area contributed by atoms with E-state index in [-0.39, 0.29) is 0 Å². The van der Waals surface area contributed by atoms with Gasteiger partial charge in [-0.15, -0.1) is 0 Å². The molecule has 0 saturated heterocycles. The van der Waals surface area contributed by atoms with Crippen LogP contribution in [0.5, 0.6) is 5.75 Å². The van der Waals surface area contributed by atoms with Crippen LogP contribution >= 0.6 is 0 Å². The van der Waals surface area contributed by atoms with E-state index >= 15 is 0 Å². The highest BCUT2D eigenvalue weighted by Crippen LogP contribution is 2.22. The summed E-state index contributed by atoms with van der Waals surface area (Å²) in [6.07, 6.45) is 1.79. The number of fused-ring (bicyclic) bond motifs is 1. The first-order valence-corrected chi connectivity index (χ1v) is 10.3. The van der Waals surface area contributed by atoms with E-state index < -0.39 is 0 Å². The SMILES string of the molecule is Cc1ccc(OCCCn2c(Cc3ccccc3C)nc3ccccc32)c(C)c1. The Hall–Kier alpha value is -3.07. The molecular formula is C26H28N2O. The number of para-hydroxylation sites is 2. The van der Waals surface area contributed by atoms with Crippen molar-refractivity contribution >= 4 is 11.0 Å². The molecule has 0 aliphatic heterocycles. The molecule has 0 atom stereocenters. The maximum atomic E-state index is 6.05. The van der Waals surface area contributed by atoms with Crippen molar-refractivity contribution in [2.24, 2.45) is 0 Å². The van der Waals surface area contributed by atoms with Crippen LogP contribution in [0.4, 0.5) is 0 Å². The second-order valence-electron chi connectivity index (χ2n) is 7.74. The molecule has 0 radical (unpaired) electrons. The predicted octanol–water partition coefficient (Wildman–Crippen LogP) is 6.02. The molecule has 0 aliphatic carbocycles. The molecule has 4 rings (SSSR count). The molecule has 0 fully saturated rings. The van der Waals surface area contributed by atoms with Crippen LogP contribution in [0.1, 0.15) is 34.5 Å². The number of hydrogen-bond acceptors (Lipinski definition) is 2. The Bertz CT molecular complexity index is 1130. The Labute approximate surface area is 173 Å². The molecule has 0 aliphatic rings. The standard InChI is InChI=1S/C26H28N2O/c1-19-13-14-25(21(3)17-19)29-16-8-15-28-24-12-7-6-11-23(24)27-26(28)18-22-10-5-4-9-20(22)2/h4-7,9-14,17H,8,15-16,18H2,1-3H3. The largest absolute Gasteiger partial charge is 0.493 e. The molecule has 3 heteroatoms. The lowest BCUT2D eigenvalue weighted by Crippen LogP contribution is -2.09. The molecular weight excluding hydrogens is 356 g/mol. The molecule has 3 nitrogen and oxygen atoms in total. The number of benzene rings is 3. The van der Waals surface area contributed by atoms with Crippen molar-refractivity contribution in [2.75, 3.05) is 6.61 Å². The van der Waals surface area contributed by atoms with Crippen molar-refractivity contribution in [1.82, 2.24) is 9.55 Å². The molecule has 4 aromatic rings. The van der Waals surface area contributed by atoms with Gasteiger partial charge in [0.15, 0.2) is 0 Å². The predicted molar refractivity (Wildman–Crippen MR) is 120 cm³/mol. The minimum Gasteiger partial charge on any atom is -0.493 e. The van der Waals surface area contributed by atoms with Gasteiger partial charge in [0, 0.05) is 13.0 Å². The lowest BCUT2D eigenvalue weighted by Gasteiger charge is -2.13. The summed E-state index contributed by atoms with van der Waals surface area (Å²) in [5.74, 6) is 2.10. The van der Waals surface area contributed by atoms with Crippen molar-refractivity contribution in [3.05, 3.63) is 94.8 Å². The number of aromatic nitrogens is 2. The summed E-state index contributed by atoms with van der Waals surface area (Å²) in [7, 11) is 0. The van der Waals surface area contributed by atoms with Gasteiger partial charge >= 0.3 is 0 Å². The maximum absolute atomic E-state index is 6.05. The molecule has 0 unspecified atom stereocenters. The van der Waals surface area contributed by atoms with Crippen LogP contribution in [0.3, 0.4) is 0 Å². The summed E-state index contributed by atoms with van der Waals surface area (Å²) in [4.78, 5) is 4.93. The molecule has 3 aromatic carbocycles. The lowest BCUT2D eigenvalue weighted by molar-refractivity contribution is 0.300. The van der Waals surface area contributed by atoms with Gasteiger partial charge in [0.2, 0.25) is 0 Å². The van der Waals surface area contributed by atoms with Gasteiger partial charge in [-0.25, -0.2) is 4.98 Å². The lowest BCUT2D eigenvalue weighted by atomic mass is 10.1. The fourth-order valence-electron chi connectivity index (χ4n) is 3.85. The van der Waals surface area contributed by atoms with Gasteiger partial charge in [-0.3, -0.25) is 0 Å². The molecule has 1 heterocycles. The number of rotatable bonds is 7. The Morgan fingerprint density at radius 1 is 0.862 bits per heavy atom. The highest BCUT2D eigenvalue weighted by Gasteiger charge is 2.12. The Morgan fingerprint density at radius 3 is 2.48 bits per heavy atom. The third-order valence-electron chi connectivity index (χ3n) is 5.46. The van der Waals surface area contributed by atoms with Gasteiger partial charge in [-0.05, 0) is 62.1 Å². The Balaban J connectivity index is 1.50. The number of imidazole rings is 1. The number of ether oxygens (including phenoxy) is 1. The number of aryl methyl sites for hydroxylation is 4. The summed E-state index contributed by atoms with van der Waals surface area (Å²) in [5.41, 5.74) is 7.35. The first-order chi connectivity index (χ1) is 14.1. The molecule has 1 aromatic heterocycles. The minimum absolute atomic E-state index is 0.695. The normalized spacial score (nSPS) is 11.1. The van der Waals surface area contributed by atoms with Gasteiger partial charge in [0.05, 0.1) is 17.6 Å². The van der Waals surface area contributed by atoms with E-state index in [0.29, 0.717) is 6.61 Å². The zero-order chi connectivity index (χ0) is 20.2. The van der Waals surface area contributed by atoms with Gasteiger partial charge < -0.3 is 9.30 Å². The van der Waals surface area contributed by atoms with Gasteiger partial charge in [-0.1, -0.05) is 54.1 Å². The summed E-state index contributed by atoms with van der Waals surface area (Å²) in [6.45, 7) is 7.97. The van der Waals surface area contributed by atoms with E-state index in [2.05, 4.69) is 92.1 Å². The summed E-state index contributed by atoms with van der Waals surface area (Å²) in [6, 6.07) is 23.3. The van der Waals surface area contributed by atoms with Crippen molar-refractivity contribution in [2.45, 2.75) is 40.2 Å². The highest BCUT2D eigenvalue weighted by molar-refractivity contribution is 5.76. The summed E-state index contributed by atoms with van der Waals surface area (Å²) in [5, 5.41) is 0. The number of hydrogen-bond donors (Lipinski definition) is 0. The molecule has 0 amide bonds.